The molecule has 0 saturated carbocycles. The molecule has 0 amide bonds. The molecule has 0 saturated heterocycles. The minimum atomic E-state index is -0.285. The van der Waals surface area contributed by atoms with Crippen molar-refractivity contribution < 1.29 is 8.91 Å². The number of nitrogens with one attached hydrogen (secondary N) is 1. The van der Waals surface area contributed by atoms with E-state index in [2.05, 4.69) is 20.4 Å². The van der Waals surface area contributed by atoms with E-state index in [9.17, 15) is 4.39 Å². The van der Waals surface area contributed by atoms with Crippen molar-refractivity contribution >= 4 is 26.7 Å². The third-order valence-electron chi connectivity index (χ3n) is 2.31. The van der Waals surface area contributed by atoms with Crippen LogP contribution in [0.1, 0.15) is 11.7 Å². The Morgan fingerprint density at radius 1 is 1.39 bits per heavy atom. The number of nitrogens with zero attached hydrogens (tertiary/aromatic N) is 3. The van der Waals surface area contributed by atoms with Gasteiger partial charge in [0.25, 0.3) is 0 Å². The second-order valence-corrected chi connectivity index (χ2v) is 4.75. The molecular formula is C11H9FN4OS. The lowest BCUT2D eigenvalue weighted by Crippen LogP contribution is -1.98. The number of fused-ring (bicyclic) bond motifs is 1. The van der Waals surface area contributed by atoms with Gasteiger partial charge in [-0.05, 0) is 19.1 Å². The largest absolute Gasteiger partial charge is 0.352 e. The Bertz CT molecular complexity index is 693. The summed E-state index contributed by atoms with van der Waals surface area (Å²) in [4.78, 5) is 8.34. The molecule has 3 rings (SSSR count). The third kappa shape index (κ3) is 2.17. The summed E-state index contributed by atoms with van der Waals surface area (Å²) < 4.78 is 18.9. The quantitative estimate of drug-likeness (QED) is 0.788. The molecule has 0 atom stereocenters. The van der Waals surface area contributed by atoms with E-state index < -0.39 is 0 Å². The molecule has 0 radical (unpaired) electrons. The molecule has 0 unspecified atom stereocenters. The fourth-order valence-electron chi connectivity index (χ4n) is 1.54. The first-order chi connectivity index (χ1) is 8.70. The van der Waals surface area contributed by atoms with Gasteiger partial charge >= 0.3 is 0 Å². The molecule has 0 aliphatic carbocycles. The van der Waals surface area contributed by atoms with Crippen molar-refractivity contribution in [1.29, 1.82) is 0 Å². The van der Waals surface area contributed by atoms with Gasteiger partial charge in [-0.2, -0.15) is 4.98 Å². The zero-order valence-corrected chi connectivity index (χ0v) is 10.3. The van der Waals surface area contributed by atoms with Crippen LogP contribution >= 0.6 is 11.3 Å². The molecule has 0 aliphatic rings. The van der Waals surface area contributed by atoms with Crippen LogP contribution in [0, 0.1) is 12.7 Å². The zero-order valence-electron chi connectivity index (χ0n) is 9.48. The number of anilines is 1. The summed E-state index contributed by atoms with van der Waals surface area (Å²) in [5.41, 5.74) is 0.643. The minimum absolute atomic E-state index is 0.285. The van der Waals surface area contributed by atoms with Crippen LogP contribution in [0.3, 0.4) is 0 Å². The number of rotatable bonds is 3. The molecule has 3 aromatic rings. The van der Waals surface area contributed by atoms with Crippen LogP contribution < -0.4 is 5.32 Å². The molecule has 18 heavy (non-hydrogen) atoms. The summed E-state index contributed by atoms with van der Waals surface area (Å²) in [5, 5.41) is 7.46. The maximum absolute atomic E-state index is 13.0. The summed E-state index contributed by atoms with van der Waals surface area (Å²) in [6, 6.07) is 4.55. The first kappa shape index (κ1) is 11.1. The van der Waals surface area contributed by atoms with Crippen LogP contribution in [0.4, 0.5) is 9.52 Å². The highest BCUT2D eigenvalue weighted by atomic mass is 32.1. The fourth-order valence-corrected chi connectivity index (χ4v) is 2.38. The Morgan fingerprint density at radius 2 is 2.28 bits per heavy atom. The van der Waals surface area contributed by atoms with E-state index in [0.29, 0.717) is 28.9 Å². The Labute approximate surface area is 106 Å². The lowest BCUT2D eigenvalue weighted by atomic mass is 10.3. The summed E-state index contributed by atoms with van der Waals surface area (Å²) in [6.07, 6.45) is 0. The number of halogens is 1. The normalized spacial score (nSPS) is 11.0. The van der Waals surface area contributed by atoms with Gasteiger partial charge in [-0.3, -0.25) is 0 Å². The smallest absolute Gasteiger partial charge is 0.246 e. The number of aromatic nitrogens is 3. The second kappa shape index (κ2) is 4.34. The van der Waals surface area contributed by atoms with Crippen LogP contribution in [0.5, 0.6) is 0 Å². The van der Waals surface area contributed by atoms with E-state index in [1.165, 1.54) is 23.5 Å². The van der Waals surface area contributed by atoms with Gasteiger partial charge in [-0.25, -0.2) is 9.37 Å². The Kier molecular flexibility index (Phi) is 2.67. The molecule has 5 nitrogen and oxygen atoms in total. The maximum Gasteiger partial charge on any atom is 0.246 e. The van der Waals surface area contributed by atoms with Crippen molar-refractivity contribution in [2.45, 2.75) is 13.5 Å². The Balaban J connectivity index is 1.78. The highest BCUT2D eigenvalue weighted by Crippen LogP contribution is 2.26. The highest BCUT2D eigenvalue weighted by Gasteiger charge is 2.07. The Hall–Kier alpha value is -2.02. The van der Waals surface area contributed by atoms with E-state index >= 15 is 0 Å². The van der Waals surface area contributed by atoms with E-state index in [1.807, 2.05) is 0 Å². The molecule has 2 heterocycles. The van der Waals surface area contributed by atoms with Gasteiger partial charge in [0.2, 0.25) is 5.89 Å². The molecule has 7 heteroatoms. The standard InChI is InChI=1S/C11H9FN4OS/c1-6-14-10(17-16-6)5-13-11-15-8-4-7(12)2-3-9(8)18-11/h2-4H,5H2,1H3,(H,13,15). The number of benzene rings is 1. The summed E-state index contributed by atoms with van der Waals surface area (Å²) in [5.74, 6) is 0.808. The number of thiazole rings is 1. The molecule has 1 aromatic carbocycles. The van der Waals surface area contributed by atoms with E-state index in [-0.39, 0.29) is 5.82 Å². The van der Waals surface area contributed by atoms with Crippen LogP contribution in [0.15, 0.2) is 22.7 Å². The van der Waals surface area contributed by atoms with Gasteiger partial charge in [0.05, 0.1) is 16.8 Å². The van der Waals surface area contributed by atoms with Crippen LogP contribution in [0.25, 0.3) is 10.2 Å². The summed E-state index contributed by atoms with van der Waals surface area (Å²) in [7, 11) is 0. The molecule has 1 N–H and O–H groups in total. The van der Waals surface area contributed by atoms with E-state index in [0.717, 1.165) is 4.70 Å². The summed E-state index contributed by atoms with van der Waals surface area (Å²) in [6.45, 7) is 2.16. The molecular weight excluding hydrogens is 255 g/mol. The lowest BCUT2D eigenvalue weighted by Gasteiger charge is -1.95. The van der Waals surface area contributed by atoms with Gasteiger partial charge in [0.1, 0.15) is 5.82 Å². The minimum Gasteiger partial charge on any atom is -0.352 e. The second-order valence-electron chi connectivity index (χ2n) is 3.72. The highest BCUT2D eigenvalue weighted by molar-refractivity contribution is 7.22. The van der Waals surface area contributed by atoms with Gasteiger partial charge in [-0.1, -0.05) is 16.5 Å². The average Bonchev–Trinajstić information content (AvgIpc) is 2.92. The predicted octanol–water partition coefficient (Wildman–Crippen LogP) is 2.74. The summed E-state index contributed by atoms with van der Waals surface area (Å²) >= 11 is 1.45. The predicted molar refractivity (Wildman–Crippen MR) is 65.9 cm³/mol. The molecule has 0 spiro atoms. The van der Waals surface area contributed by atoms with Crippen molar-refractivity contribution in [1.82, 2.24) is 15.1 Å². The zero-order chi connectivity index (χ0) is 12.5. The van der Waals surface area contributed by atoms with Crippen molar-refractivity contribution in [3.8, 4) is 0 Å². The molecule has 0 aliphatic heterocycles. The van der Waals surface area contributed by atoms with Gasteiger partial charge in [-0.15, -0.1) is 0 Å². The molecule has 2 aromatic heterocycles. The van der Waals surface area contributed by atoms with Gasteiger partial charge in [0.15, 0.2) is 11.0 Å². The van der Waals surface area contributed by atoms with Gasteiger partial charge in [0, 0.05) is 6.07 Å². The SMILES string of the molecule is Cc1noc(CNc2nc3cc(F)ccc3s2)n1. The van der Waals surface area contributed by atoms with Crippen molar-refractivity contribution in [2.24, 2.45) is 0 Å². The molecule has 0 bridgehead atoms. The van der Waals surface area contributed by atoms with E-state index in [1.54, 1.807) is 13.0 Å². The third-order valence-corrected chi connectivity index (χ3v) is 3.30. The fraction of sp³-hybridized carbons (Fsp3) is 0.182. The topological polar surface area (TPSA) is 63.8 Å². The first-order valence-corrected chi connectivity index (χ1v) is 6.11. The van der Waals surface area contributed by atoms with Gasteiger partial charge < -0.3 is 9.84 Å². The molecule has 92 valence electrons. The number of hydrogen-bond acceptors (Lipinski definition) is 6. The first-order valence-electron chi connectivity index (χ1n) is 5.30. The Morgan fingerprint density at radius 3 is 3.06 bits per heavy atom. The van der Waals surface area contributed by atoms with Crippen molar-refractivity contribution in [3.63, 3.8) is 0 Å². The van der Waals surface area contributed by atoms with Crippen LogP contribution in [0.2, 0.25) is 0 Å². The van der Waals surface area contributed by atoms with E-state index in [4.69, 9.17) is 4.52 Å². The van der Waals surface area contributed by atoms with Crippen LogP contribution in [-0.4, -0.2) is 15.1 Å². The van der Waals surface area contributed by atoms with Crippen molar-refractivity contribution in [2.75, 3.05) is 5.32 Å². The molecule has 0 fully saturated rings. The lowest BCUT2D eigenvalue weighted by molar-refractivity contribution is 0.379. The monoisotopic (exact) mass is 264 g/mol. The maximum atomic E-state index is 13.0. The van der Waals surface area contributed by atoms with Crippen molar-refractivity contribution in [3.05, 3.63) is 35.7 Å². The average molecular weight is 264 g/mol. The number of aryl methyl sites for hydroxylation is 1. The number of hydrogen-bond donors (Lipinski definition) is 1. The van der Waals surface area contributed by atoms with Crippen LogP contribution in [-0.2, 0) is 6.54 Å².